The summed E-state index contributed by atoms with van der Waals surface area (Å²) in [6, 6.07) is 2.30. The molecule has 0 fully saturated rings. The van der Waals surface area contributed by atoms with Crippen LogP contribution in [0.3, 0.4) is 0 Å². The van der Waals surface area contributed by atoms with Crippen LogP contribution in [0.15, 0.2) is 21.7 Å². The van der Waals surface area contributed by atoms with Gasteiger partial charge in [-0.2, -0.15) is 5.10 Å². The predicted molar refractivity (Wildman–Crippen MR) is 68.1 cm³/mol. The van der Waals surface area contributed by atoms with Crippen LogP contribution in [0.4, 0.5) is 10.1 Å². The molecule has 0 saturated carbocycles. The Kier molecular flexibility index (Phi) is 4.62. The van der Waals surface area contributed by atoms with Crippen LogP contribution in [0.5, 0.6) is 0 Å². The predicted octanol–water partition coefficient (Wildman–Crippen LogP) is 3.48. The van der Waals surface area contributed by atoms with Crippen LogP contribution in [0.25, 0.3) is 0 Å². The lowest BCUT2D eigenvalue weighted by Gasteiger charge is -2.07. The molecule has 1 rings (SSSR count). The second-order valence-corrected chi connectivity index (χ2v) is 4.28. The van der Waals surface area contributed by atoms with Gasteiger partial charge in [-0.15, -0.1) is 0 Å². The third-order valence-electron chi connectivity index (χ3n) is 2.17. The van der Waals surface area contributed by atoms with E-state index in [1.165, 1.54) is 6.07 Å². The van der Waals surface area contributed by atoms with Crippen molar-refractivity contribution in [1.82, 2.24) is 0 Å². The van der Waals surface area contributed by atoms with E-state index in [1.54, 1.807) is 0 Å². The average molecular weight is 303 g/mol. The molecule has 92 valence electrons. The Morgan fingerprint density at radius 3 is 2.76 bits per heavy atom. The minimum Gasteiger partial charge on any atom is -0.478 e. The van der Waals surface area contributed by atoms with E-state index < -0.39 is 11.8 Å². The maximum atomic E-state index is 13.2. The topological polar surface area (TPSA) is 61.7 Å². The van der Waals surface area contributed by atoms with Gasteiger partial charge < -0.3 is 5.11 Å². The molecule has 1 aromatic rings. The van der Waals surface area contributed by atoms with E-state index in [2.05, 4.69) is 26.5 Å². The average Bonchev–Trinajstić information content (AvgIpc) is 2.29. The van der Waals surface area contributed by atoms with Crippen LogP contribution in [0.1, 0.15) is 30.6 Å². The fourth-order valence-corrected chi connectivity index (χ4v) is 1.39. The minimum atomic E-state index is -1.21. The lowest BCUT2D eigenvalue weighted by atomic mass is 10.2. The number of hydrogen-bond acceptors (Lipinski definition) is 3. The molecule has 0 aliphatic heterocycles. The van der Waals surface area contributed by atoms with Gasteiger partial charge in [0.1, 0.15) is 5.82 Å². The summed E-state index contributed by atoms with van der Waals surface area (Å²) in [5.41, 5.74) is 3.54. The molecule has 0 spiro atoms. The number of carboxylic acid groups (broad SMARTS) is 1. The molecule has 2 N–H and O–H groups in total. The number of hydrogen-bond donors (Lipinski definition) is 2. The maximum Gasteiger partial charge on any atom is 0.337 e. The molecule has 6 heteroatoms. The molecule has 0 amide bonds. The molecule has 0 heterocycles. The quantitative estimate of drug-likeness (QED) is 0.661. The molecule has 0 radical (unpaired) electrons. The summed E-state index contributed by atoms with van der Waals surface area (Å²) in [6.07, 6.45) is 0.748. The van der Waals surface area contributed by atoms with Crippen molar-refractivity contribution >= 4 is 33.3 Å². The van der Waals surface area contributed by atoms with E-state index in [0.717, 1.165) is 18.2 Å². The van der Waals surface area contributed by atoms with Crippen LogP contribution in [-0.4, -0.2) is 16.8 Å². The highest BCUT2D eigenvalue weighted by atomic mass is 79.9. The van der Waals surface area contributed by atoms with Gasteiger partial charge in [0.2, 0.25) is 0 Å². The second kappa shape index (κ2) is 5.77. The first-order chi connectivity index (χ1) is 7.95. The summed E-state index contributed by atoms with van der Waals surface area (Å²) in [7, 11) is 0. The summed E-state index contributed by atoms with van der Waals surface area (Å²) in [4.78, 5) is 10.9. The number of rotatable bonds is 4. The number of carbonyl (C=O) groups is 1. The Morgan fingerprint density at radius 1 is 1.59 bits per heavy atom. The highest BCUT2D eigenvalue weighted by Crippen LogP contribution is 2.25. The molecule has 0 atom stereocenters. The number of anilines is 1. The molecule has 4 nitrogen and oxygen atoms in total. The van der Waals surface area contributed by atoms with Gasteiger partial charge in [-0.05, 0) is 41.4 Å². The van der Waals surface area contributed by atoms with Gasteiger partial charge in [-0.3, -0.25) is 5.43 Å². The van der Waals surface area contributed by atoms with Gasteiger partial charge in [-0.1, -0.05) is 6.92 Å². The Morgan fingerprint density at radius 2 is 2.24 bits per heavy atom. The van der Waals surface area contributed by atoms with Gasteiger partial charge in [-0.25, -0.2) is 9.18 Å². The largest absolute Gasteiger partial charge is 0.478 e. The molecule has 0 bridgehead atoms. The first kappa shape index (κ1) is 13.6. The van der Waals surface area contributed by atoms with Crippen LogP contribution in [0.2, 0.25) is 0 Å². The third-order valence-corrected chi connectivity index (χ3v) is 2.78. The smallest absolute Gasteiger partial charge is 0.337 e. The monoisotopic (exact) mass is 302 g/mol. The zero-order chi connectivity index (χ0) is 13.0. The van der Waals surface area contributed by atoms with Gasteiger partial charge in [0, 0.05) is 5.71 Å². The van der Waals surface area contributed by atoms with Crippen molar-refractivity contribution in [2.45, 2.75) is 20.3 Å². The highest BCUT2D eigenvalue weighted by Gasteiger charge is 2.13. The van der Waals surface area contributed by atoms with Crippen molar-refractivity contribution in [3.8, 4) is 0 Å². The SMILES string of the molecule is CCC(C)=NNc1cc(Br)c(F)cc1C(=O)O. The first-order valence-corrected chi connectivity index (χ1v) is 5.76. The van der Waals surface area contributed by atoms with E-state index in [9.17, 15) is 9.18 Å². The molecular formula is C11H12BrFN2O2. The van der Waals surface area contributed by atoms with Crippen LogP contribution < -0.4 is 5.43 Å². The number of benzene rings is 1. The minimum absolute atomic E-state index is 0.154. The number of halogens is 2. The maximum absolute atomic E-state index is 13.2. The second-order valence-electron chi connectivity index (χ2n) is 3.43. The highest BCUT2D eigenvalue weighted by molar-refractivity contribution is 9.10. The molecule has 0 unspecified atom stereocenters. The van der Waals surface area contributed by atoms with Crippen LogP contribution in [0, 0.1) is 5.82 Å². The Bertz CT molecular complexity index is 475. The van der Waals surface area contributed by atoms with Crippen LogP contribution >= 0.6 is 15.9 Å². The number of nitrogens with zero attached hydrogens (tertiary/aromatic N) is 1. The van der Waals surface area contributed by atoms with Gasteiger partial charge in [0.05, 0.1) is 15.7 Å². The van der Waals surface area contributed by atoms with Gasteiger partial charge in [0.25, 0.3) is 0 Å². The van der Waals surface area contributed by atoms with Crippen molar-refractivity contribution in [2.75, 3.05) is 5.43 Å². The third kappa shape index (κ3) is 3.52. The lowest BCUT2D eigenvalue weighted by molar-refractivity contribution is 0.0697. The zero-order valence-electron chi connectivity index (χ0n) is 9.42. The first-order valence-electron chi connectivity index (χ1n) is 4.97. The number of nitrogens with one attached hydrogen (secondary N) is 1. The van der Waals surface area contributed by atoms with E-state index in [1.807, 2.05) is 13.8 Å². The van der Waals surface area contributed by atoms with E-state index in [-0.39, 0.29) is 15.7 Å². The number of carboxylic acids is 1. The summed E-state index contributed by atoms with van der Waals surface area (Å²) >= 11 is 3.00. The van der Waals surface area contributed by atoms with Gasteiger partial charge >= 0.3 is 5.97 Å². The van der Waals surface area contributed by atoms with Crippen molar-refractivity contribution in [3.05, 3.63) is 28.0 Å². The normalized spacial score (nSPS) is 11.4. The van der Waals surface area contributed by atoms with Gasteiger partial charge in [0.15, 0.2) is 0 Å². The summed E-state index contributed by atoms with van der Waals surface area (Å²) in [6.45, 7) is 3.74. The molecule has 0 saturated heterocycles. The van der Waals surface area contributed by atoms with Crippen molar-refractivity contribution < 1.29 is 14.3 Å². The molecule has 0 aliphatic carbocycles. The number of hydrazone groups is 1. The Balaban J connectivity index is 3.13. The summed E-state index contributed by atoms with van der Waals surface area (Å²) in [5, 5.41) is 12.9. The van der Waals surface area contributed by atoms with Crippen molar-refractivity contribution in [3.63, 3.8) is 0 Å². The summed E-state index contributed by atoms with van der Waals surface area (Å²) in [5.74, 6) is -1.83. The Labute approximate surface area is 107 Å². The number of aromatic carboxylic acids is 1. The molecule has 0 aliphatic rings. The molecule has 0 aromatic heterocycles. The molecule has 17 heavy (non-hydrogen) atoms. The van der Waals surface area contributed by atoms with Crippen LogP contribution in [-0.2, 0) is 0 Å². The molecular weight excluding hydrogens is 291 g/mol. The lowest BCUT2D eigenvalue weighted by Crippen LogP contribution is -2.05. The zero-order valence-corrected chi connectivity index (χ0v) is 11.0. The Hall–Kier alpha value is -1.43. The fourth-order valence-electron chi connectivity index (χ4n) is 1.05. The van der Waals surface area contributed by atoms with E-state index in [4.69, 9.17) is 5.11 Å². The van der Waals surface area contributed by atoms with E-state index >= 15 is 0 Å². The standard InChI is InChI=1S/C11H12BrFN2O2/c1-3-6(2)14-15-10-5-8(12)9(13)4-7(10)11(16)17/h4-5,15H,3H2,1-2H3,(H,16,17). The van der Waals surface area contributed by atoms with Crippen molar-refractivity contribution in [2.24, 2.45) is 5.10 Å². The van der Waals surface area contributed by atoms with E-state index in [0.29, 0.717) is 0 Å². The fraction of sp³-hybridized carbons (Fsp3) is 0.273. The van der Waals surface area contributed by atoms with Crippen molar-refractivity contribution in [1.29, 1.82) is 0 Å². The molecule has 1 aromatic carbocycles. The summed E-state index contributed by atoms with van der Waals surface area (Å²) < 4.78 is 13.4.